The molecule has 10 atom stereocenters. The van der Waals surface area contributed by atoms with E-state index in [4.69, 9.17) is 20.9 Å². The second kappa shape index (κ2) is 23.5. The molecule has 4 rings (SSSR count). The number of anilines is 1. The lowest BCUT2D eigenvalue weighted by atomic mass is 9.79. The lowest BCUT2D eigenvalue weighted by Crippen LogP contribution is -2.60. The average molecular weight is 862 g/mol. The molecule has 0 aliphatic carbocycles. The summed E-state index contributed by atoms with van der Waals surface area (Å²) in [6.45, 7) is 15.7. The Bertz CT molecular complexity index is 1780. The Morgan fingerprint density at radius 1 is 0.934 bits per heavy atom. The van der Waals surface area contributed by atoms with Gasteiger partial charge in [-0.25, -0.2) is 4.98 Å². The van der Waals surface area contributed by atoms with Gasteiger partial charge in [-0.2, -0.15) is 0 Å². The van der Waals surface area contributed by atoms with Crippen LogP contribution in [0.1, 0.15) is 96.3 Å². The number of aromatic nitrogens is 1. The second-order valence-corrected chi connectivity index (χ2v) is 18.9. The van der Waals surface area contributed by atoms with E-state index in [9.17, 15) is 14.4 Å². The number of carbonyl (C=O) groups is 3. The number of likely N-dealkylation sites (tertiary alicyclic amines) is 1. The van der Waals surface area contributed by atoms with Crippen molar-refractivity contribution in [1.82, 2.24) is 25.0 Å². The molecule has 0 bridgehead atoms. The molecule has 1 saturated heterocycles. The number of nitrogens with one attached hydrogen (secondary N) is 1. The number of hydrogen-bond donors (Lipinski definition) is 3. The van der Waals surface area contributed by atoms with Gasteiger partial charge in [-0.3, -0.25) is 19.3 Å². The van der Waals surface area contributed by atoms with E-state index in [0.29, 0.717) is 31.6 Å². The summed E-state index contributed by atoms with van der Waals surface area (Å²) in [4.78, 5) is 53.8. The first-order valence-corrected chi connectivity index (χ1v) is 23.1. The first-order chi connectivity index (χ1) is 29.0. The van der Waals surface area contributed by atoms with Crippen molar-refractivity contribution in [3.05, 3.63) is 82.3 Å². The van der Waals surface area contributed by atoms with Gasteiger partial charge in [-0.15, -0.1) is 11.3 Å². The molecule has 61 heavy (non-hydrogen) atoms. The van der Waals surface area contributed by atoms with E-state index in [1.807, 2.05) is 83.7 Å². The molecular weight excluding hydrogens is 787 g/mol. The van der Waals surface area contributed by atoms with Crippen molar-refractivity contribution >= 4 is 34.7 Å². The number of nitrogen functional groups attached to an aromatic ring is 1. The van der Waals surface area contributed by atoms with Gasteiger partial charge in [0.15, 0.2) is 0 Å². The lowest BCUT2D eigenvalue weighted by Gasteiger charge is -2.44. The van der Waals surface area contributed by atoms with Crippen molar-refractivity contribution in [1.29, 1.82) is 0 Å². The molecular formula is C48H75N7O5S. The van der Waals surface area contributed by atoms with Gasteiger partial charge in [-0.05, 0) is 67.3 Å². The molecule has 0 radical (unpaired) electrons. The molecule has 2 heterocycles. The molecule has 5 N–H and O–H groups in total. The van der Waals surface area contributed by atoms with Crippen LogP contribution in [-0.4, -0.2) is 109 Å². The van der Waals surface area contributed by atoms with Gasteiger partial charge < -0.3 is 36.1 Å². The van der Waals surface area contributed by atoms with Gasteiger partial charge in [-0.1, -0.05) is 97.4 Å². The fourth-order valence-electron chi connectivity index (χ4n) is 9.67. The fraction of sp³-hybridized carbons (Fsp3) is 0.625. The summed E-state index contributed by atoms with van der Waals surface area (Å²) in [6.07, 6.45) is 3.62. The van der Waals surface area contributed by atoms with Crippen LogP contribution in [0.25, 0.3) is 0 Å². The molecule has 0 spiro atoms. The standard InChI is InChI=1S/C48H75N7O5S/c1-12-32(6)44(54(9)48(58)41(30(2)3)42(50)43(31(4)5)53(8)29-35-20-22-36(49)23-21-35)39(59-10)28-40(56)55-25-16-19-38(55)45(60-11)33(7)46(57)52-37(47-51-24-26-61-47)27-34-17-14-13-15-18-34/h13-15,17-18,20-24,26,30-33,37-39,41-45H,12,16,19,25,27-29,49-50H2,1-11H3,(H,52,57)/t32-,33+,37-,38-,39+,41-,42?,43-,44-,45+/m0/s1. The predicted octanol–water partition coefficient (Wildman–Crippen LogP) is 6.80. The number of nitrogens with zero attached hydrogens (tertiary/aromatic N) is 4. The SMILES string of the molecule is CC[C@H](C)[C@@H]([C@@H](CC(=O)N1CCC[C@H]1[C@H](OC)[C@@H](C)C(=O)N[C@@H](Cc1ccccc1)c1nccs1)OC)N(C)C(=O)[C@@H](C(C)C)C(N)[C@H](C(C)C)N(C)Cc1ccc(N)cc1. The molecule has 1 aromatic heterocycles. The van der Waals surface area contributed by atoms with Crippen LogP contribution in [0.3, 0.4) is 0 Å². The number of methoxy groups -OCH3 is 2. The smallest absolute Gasteiger partial charge is 0.227 e. The number of thiazole rings is 1. The number of amides is 3. The number of carbonyl (C=O) groups excluding carboxylic acids is 3. The van der Waals surface area contributed by atoms with Crippen molar-refractivity contribution in [2.45, 2.75) is 130 Å². The van der Waals surface area contributed by atoms with Gasteiger partial charge in [0.2, 0.25) is 17.7 Å². The topological polar surface area (TPSA) is 156 Å². The van der Waals surface area contributed by atoms with E-state index in [-0.39, 0.29) is 66.1 Å². The van der Waals surface area contributed by atoms with E-state index >= 15 is 0 Å². The summed E-state index contributed by atoms with van der Waals surface area (Å²) in [5, 5.41) is 6.01. The average Bonchev–Trinajstić information content (AvgIpc) is 3.95. The molecule has 1 aliphatic heterocycles. The van der Waals surface area contributed by atoms with Crippen LogP contribution in [-0.2, 0) is 36.8 Å². The summed E-state index contributed by atoms with van der Waals surface area (Å²) in [7, 11) is 7.15. The minimum Gasteiger partial charge on any atom is -0.399 e. The maximum atomic E-state index is 14.9. The summed E-state index contributed by atoms with van der Waals surface area (Å²) in [6, 6.07) is 16.4. The number of benzene rings is 2. The van der Waals surface area contributed by atoms with Crippen LogP contribution in [0.2, 0.25) is 0 Å². The second-order valence-electron chi connectivity index (χ2n) is 17.9. The van der Waals surface area contributed by atoms with Crippen LogP contribution in [0.5, 0.6) is 0 Å². The maximum absolute atomic E-state index is 14.9. The van der Waals surface area contributed by atoms with E-state index < -0.39 is 30.1 Å². The summed E-state index contributed by atoms with van der Waals surface area (Å²) < 4.78 is 12.3. The largest absolute Gasteiger partial charge is 0.399 e. The van der Waals surface area contributed by atoms with E-state index in [2.05, 4.69) is 63.8 Å². The molecule has 338 valence electrons. The number of nitrogens with two attached hydrogens (primary N) is 2. The molecule has 13 heteroatoms. The quantitative estimate of drug-likeness (QED) is 0.0874. The highest BCUT2D eigenvalue weighted by atomic mass is 32.1. The summed E-state index contributed by atoms with van der Waals surface area (Å²) in [5.74, 6) is -1.14. The monoisotopic (exact) mass is 862 g/mol. The number of likely N-dealkylation sites (N-methyl/N-ethyl adjacent to an activating group) is 2. The zero-order valence-electron chi connectivity index (χ0n) is 38.6. The van der Waals surface area contributed by atoms with Crippen LogP contribution in [0.4, 0.5) is 5.69 Å². The Balaban J connectivity index is 1.51. The van der Waals surface area contributed by atoms with Gasteiger partial charge in [0.05, 0.1) is 48.6 Å². The number of hydrogen-bond acceptors (Lipinski definition) is 10. The van der Waals surface area contributed by atoms with Crippen molar-refractivity contribution in [3.8, 4) is 0 Å². The third kappa shape index (κ3) is 12.8. The van der Waals surface area contributed by atoms with Gasteiger partial charge >= 0.3 is 0 Å². The maximum Gasteiger partial charge on any atom is 0.227 e. The van der Waals surface area contributed by atoms with Gasteiger partial charge in [0.1, 0.15) is 5.01 Å². The van der Waals surface area contributed by atoms with Crippen molar-refractivity contribution in [3.63, 3.8) is 0 Å². The molecule has 1 unspecified atom stereocenters. The molecule has 3 amide bonds. The van der Waals surface area contributed by atoms with E-state index in [0.717, 1.165) is 29.0 Å². The molecule has 2 aromatic carbocycles. The highest BCUT2D eigenvalue weighted by molar-refractivity contribution is 7.09. The molecule has 12 nitrogen and oxygen atoms in total. The Kier molecular flexibility index (Phi) is 19.2. The first kappa shape index (κ1) is 49.8. The van der Waals surface area contributed by atoms with Crippen LogP contribution in [0, 0.1) is 29.6 Å². The zero-order chi connectivity index (χ0) is 45.0. The first-order valence-electron chi connectivity index (χ1n) is 22.2. The minimum absolute atomic E-state index is 0.0244. The Morgan fingerprint density at radius 3 is 2.16 bits per heavy atom. The van der Waals surface area contributed by atoms with Crippen molar-refractivity contribution < 1.29 is 23.9 Å². The van der Waals surface area contributed by atoms with Gasteiger partial charge in [0.25, 0.3) is 0 Å². The van der Waals surface area contributed by atoms with Crippen molar-refractivity contribution in [2.24, 2.45) is 35.3 Å². The van der Waals surface area contributed by atoms with E-state index in [1.165, 1.54) is 11.3 Å². The Labute approximate surface area is 370 Å². The summed E-state index contributed by atoms with van der Waals surface area (Å²) in [5.41, 5.74) is 16.1. The fourth-order valence-corrected chi connectivity index (χ4v) is 10.4. The lowest BCUT2D eigenvalue weighted by molar-refractivity contribution is -0.149. The van der Waals surface area contributed by atoms with Gasteiger partial charge in [0, 0.05) is 63.7 Å². The highest BCUT2D eigenvalue weighted by Crippen LogP contribution is 2.32. The zero-order valence-corrected chi connectivity index (χ0v) is 39.4. The normalized spacial score (nSPS) is 18.9. The molecule has 3 aromatic rings. The third-order valence-electron chi connectivity index (χ3n) is 13.0. The van der Waals surface area contributed by atoms with E-state index in [1.54, 1.807) is 20.4 Å². The number of rotatable bonds is 23. The van der Waals surface area contributed by atoms with Crippen LogP contribution < -0.4 is 16.8 Å². The summed E-state index contributed by atoms with van der Waals surface area (Å²) >= 11 is 1.51. The van der Waals surface area contributed by atoms with Crippen LogP contribution >= 0.6 is 11.3 Å². The molecule has 0 saturated carbocycles. The predicted molar refractivity (Wildman–Crippen MR) is 247 cm³/mol. The van der Waals surface area contributed by atoms with Crippen molar-refractivity contribution in [2.75, 3.05) is 40.6 Å². The highest BCUT2D eigenvalue weighted by Gasteiger charge is 2.45. The Hall–Kier alpha value is -3.88. The minimum atomic E-state index is -0.575. The third-order valence-corrected chi connectivity index (χ3v) is 13.9. The number of ether oxygens (including phenoxy) is 2. The molecule has 1 aliphatic rings. The Morgan fingerprint density at radius 2 is 1.61 bits per heavy atom. The van der Waals surface area contributed by atoms with Crippen LogP contribution in [0.15, 0.2) is 66.2 Å². The molecule has 1 fully saturated rings.